The van der Waals surface area contributed by atoms with Crippen LogP contribution >= 0.6 is 27.7 Å². The number of aliphatic imine (C=N–C) groups is 1. The fraction of sp³-hybridized carbons (Fsp3) is 0.238. The fourth-order valence-electron chi connectivity index (χ4n) is 2.66. The largest absolute Gasteiger partial charge is 0.488 e. The van der Waals surface area contributed by atoms with Gasteiger partial charge in [0.15, 0.2) is 5.17 Å². The summed E-state index contributed by atoms with van der Waals surface area (Å²) in [4.78, 5) is 19.3. The van der Waals surface area contributed by atoms with E-state index >= 15 is 0 Å². The summed E-state index contributed by atoms with van der Waals surface area (Å²) in [6, 6.07) is 11.9. The molecule has 0 unspecified atom stereocenters. The van der Waals surface area contributed by atoms with Crippen LogP contribution < -0.4 is 4.74 Å². The number of carbonyl (C=O) groups is 1. The molecule has 28 heavy (non-hydrogen) atoms. The molecule has 0 aliphatic carbocycles. The summed E-state index contributed by atoms with van der Waals surface area (Å²) >= 11 is 4.92. The van der Waals surface area contributed by atoms with Crippen molar-refractivity contribution < 1.29 is 13.9 Å². The van der Waals surface area contributed by atoms with Crippen molar-refractivity contribution >= 4 is 44.8 Å². The average molecular weight is 463 g/mol. The molecule has 0 spiro atoms. The normalized spacial score (nSPS) is 17.0. The third-order valence-corrected chi connectivity index (χ3v) is 5.72. The second-order valence-corrected chi connectivity index (χ2v) is 7.89. The highest BCUT2D eigenvalue weighted by Gasteiger charge is 2.31. The third-order valence-electron chi connectivity index (χ3n) is 4.06. The number of carbonyl (C=O) groups excluding carboxylic acids is 1. The van der Waals surface area contributed by atoms with Gasteiger partial charge in [-0.3, -0.25) is 14.7 Å². The molecule has 0 saturated carbocycles. The zero-order valence-corrected chi connectivity index (χ0v) is 18.0. The second-order valence-electron chi connectivity index (χ2n) is 6.02. The molecule has 4 nitrogen and oxygen atoms in total. The predicted molar refractivity (Wildman–Crippen MR) is 116 cm³/mol. The van der Waals surface area contributed by atoms with Gasteiger partial charge in [0.25, 0.3) is 5.91 Å². The third kappa shape index (κ3) is 4.83. The molecule has 7 heteroatoms. The molecule has 0 radical (unpaired) electrons. The van der Waals surface area contributed by atoms with E-state index in [4.69, 9.17) is 4.74 Å². The van der Waals surface area contributed by atoms with E-state index in [1.807, 2.05) is 38.1 Å². The Balaban J connectivity index is 1.73. The van der Waals surface area contributed by atoms with E-state index in [0.29, 0.717) is 30.4 Å². The first-order valence-corrected chi connectivity index (χ1v) is 10.6. The molecular formula is C21H20BrFN2O2S. The summed E-state index contributed by atoms with van der Waals surface area (Å²) in [5.74, 6) is 0.392. The summed E-state index contributed by atoms with van der Waals surface area (Å²) in [7, 11) is 0. The molecule has 1 fully saturated rings. The quantitative estimate of drug-likeness (QED) is 0.533. The Morgan fingerprint density at radius 2 is 1.96 bits per heavy atom. The van der Waals surface area contributed by atoms with Gasteiger partial charge < -0.3 is 4.74 Å². The van der Waals surface area contributed by atoms with Gasteiger partial charge in [-0.05, 0) is 83.0 Å². The number of nitrogens with zero attached hydrogens (tertiary/aromatic N) is 2. The Morgan fingerprint density at radius 1 is 1.21 bits per heavy atom. The first-order valence-electron chi connectivity index (χ1n) is 8.94. The van der Waals surface area contributed by atoms with Crippen molar-refractivity contribution in [3.8, 4) is 5.75 Å². The molecule has 1 saturated heterocycles. The van der Waals surface area contributed by atoms with Crippen molar-refractivity contribution in [2.45, 2.75) is 20.5 Å². The Labute approximate surface area is 176 Å². The number of rotatable bonds is 6. The van der Waals surface area contributed by atoms with Crippen molar-refractivity contribution in [1.82, 2.24) is 4.90 Å². The molecule has 0 bridgehead atoms. The fourth-order valence-corrected chi connectivity index (χ4v) is 4.27. The van der Waals surface area contributed by atoms with Gasteiger partial charge >= 0.3 is 0 Å². The zero-order valence-electron chi connectivity index (χ0n) is 15.6. The topological polar surface area (TPSA) is 41.9 Å². The van der Waals surface area contributed by atoms with Crippen LogP contribution in [0.15, 0.2) is 56.8 Å². The standard InChI is InChI=1S/C21H20BrFN2O2S/c1-3-24-21-25(4-2)20(26)19(28-21)12-15-7-10-18(17(22)11-15)27-13-14-5-8-16(23)9-6-14/h5-12H,3-4,13H2,1-2H3/b19-12+,24-21?. The maximum Gasteiger partial charge on any atom is 0.266 e. The van der Waals surface area contributed by atoms with Crippen LogP contribution in [0.2, 0.25) is 0 Å². The van der Waals surface area contributed by atoms with Gasteiger partial charge in [0.2, 0.25) is 0 Å². The van der Waals surface area contributed by atoms with Gasteiger partial charge in [-0.2, -0.15) is 0 Å². The Hall–Kier alpha value is -2.12. The van der Waals surface area contributed by atoms with Gasteiger partial charge in [0.05, 0.1) is 9.38 Å². The van der Waals surface area contributed by atoms with E-state index in [2.05, 4.69) is 20.9 Å². The number of ether oxygens (including phenoxy) is 1. The van der Waals surface area contributed by atoms with Crippen LogP contribution in [-0.2, 0) is 11.4 Å². The summed E-state index contributed by atoms with van der Waals surface area (Å²) in [5, 5.41) is 0.750. The van der Waals surface area contributed by atoms with Crippen LogP contribution in [0.25, 0.3) is 6.08 Å². The van der Waals surface area contributed by atoms with Crippen LogP contribution in [0.5, 0.6) is 5.75 Å². The molecule has 0 aromatic heterocycles. The molecule has 2 aromatic carbocycles. The number of hydrogen-bond acceptors (Lipinski definition) is 4. The van der Waals surface area contributed by atoms with Crippen LogP contribution in [-0.4, -0.2) is 29.1 Å². The van der Waals surface area contributed by atoms with E-state index < -0.39 is 0 Å². The van der Waals surface area contributed by atoms with Crippen LogP contribution in [0.4, 0.5) is 4.39 Å². The number of thioether (sulfide) groups is 1. The molecule has 1 amide bonds. The van der Waals surface area contributed by atoms with Gasteiger partial charge in [-0.25, -0.2) is 4.39 Å². The lowest BCUT2D eigenvalue weighted by Crippen LogP contribution is -2.28. The average Bonchev–Trinajstić information content (AvgIpc) is 2.97. The maximum atomic E-state index is 13.0. The van der Waals surface area contributed by atoms with E-state index in [9.17, 15) is 9.18 Å². The molecule has 0 atom stereocenters. The number of amidine groups is 1. The van der Waals surface area contributed by atoms with Crippen molar-refractivity contribution in [1.29, 1.82) is 0 Å². The number of hydrogen-bond donors (Lipinski definition) is 0. The summed E-state index contributed by atoms with van der Waals surface area (Å²) < 4.78 is 19.6. The van der Waals surface area contributed by atoms with E-state index in [0.717, 1.165) is 20.8 Å². The van der Waals surface area contributed by atoms with Crippen molar-refractivity contribution in [2.24, 2.45) is 4.99 Å². The molecule has 1 heterocycles. The smallest absolute Gasteiger partial charge is 0.266 e. The maximum absolute atomic E-state index is 13.0. The summed E-state index contributed by atoms with van der Waals surface area (Å²) in [5.41, 5.74) is 1.78. The number of benzene rings is 2. The van der Waals surface area contributed by atoms with Crippen molar-refractivity contribution in [3.63, 3.8) is 0 Å². The molecular weight excluding hydrogens is 443 g/mol. The lowest BCUT2D eigenvalue weighted by atomic mass is 10.2. The molecule has 2 aromatic rings. The van der Waals surface area contributed by atoms with E-state index in [1.165, 1.54) is 23.9 Å². The van der Waals surface area contributed by atoms with Crippen LogP contribution in [0.1, 0.15) is 25.0 Å². The molecule has 1 aliphatic rings. The Kier molecular flexibility index (Phi) is 6.91. The highest BCUT2D eigenvalue weighted by molar-refractivity contribution is 9.10. The predicted octanol–water partition coefficient (Wildman–Crippen LogP) is 5.48. The van der Waals surface area contributed by atoms with Gasteiger partial charge in [-0.15, -0.1) is 0 Å². The highest BCUT2D eigenvalue weighted by atomic mass is 79.9. The van der Waals surface area contributed by atoms with Gasteiger partial charge in [-0.1, -0.05) is 18.2 Å². The molecule has 0 N–H and O–H groups in total. The Bertz CT molecular complexity index is 929. The van der Waals surface area contributed by atoms with Crippen molar-refractivity contribution in [3.05, 3.63) is 68.8 Å². The number of likely N-dealkylation sites (N-methyl/N-ethyl adjacent to an activating group) is 1. The molecule has 1 aliphatic heterocycles. The number of amides is 1. The van der Waals surface area contributed by atoms with Crippen molar-refractivity contribution in [2.75, 3.05) is 13.1 Å². The lowest BCUT2D eigenvalue weighted by Gasteiger charge is -2.11. The first-order chi connectivity index (χ1) is 13.5. The second kappa shape index (κ2) is 9.39. The van der Waals surface area contributed by atoms with E-state index in [-0.39, 0.29) is 11.7 Å². The lowest BCUT2D eigenvalue weighted by molar-refractivity contribution is -0.122. The summed E-state index contributed by atoms with van der Waals surface area (Å²) in [6.07, 6.45) is 1.86. The van der Waals surface area contributed by atoms with Gasteiger partial charge in [0.1, 0.15) is 18.2 Å². The molecule has 3 rings (SSSR count). The highest BCUT2D eigenvalue weighted by Crippen LogP contribution is 2.34. The zero-order chi connectivity index (χ0) is 20.1. The summed E-state index contributed by atoms with van der Waals surface area (Å²) in [6.45, 7) is 5.48. The Morgan fingerprint density at radius 3 is 2.61 bits per heavy atom. The minimum atomic E-state index is -0.268. The molecule has 146 valence electrons. The number of halogens is 2. The van der Waals surface area contributed by atoms with Crippen LogP contribution in [0, 0.1) is 5.82 Å². The minimum Gasteiger partial charge on any atom is -0.488 e. The minimum absolute atomic E-state index is 0.0209. The first kappa shape index (κ1) is 20.6. The van der Waals surface area contributed by atoms with Gasteiger partial charge in [0, 0.05) is 13.1 Å². The van der Waals surface area contributed by atoms with E-state index in [1.54, 1.807) is 17.0 Å². The monoisotopic (exact) mass is 462 g/mol. The SMILES string of the molecule is CCN=C1S/C(=C/c2ccc(OCc3ccc(F)cc3)c(Br)c2)C(=O)N1CC. The van der Waals surface area contributed by atoms with Crippen LogP contribution in [0.3, 0.4) is 0 Å².